The molecule has 1 saturated carbocycles. The van der Waals surface area contributed by atoms with E-state index in [2.05, 4.69) is 20.6 Å². The van der Waals surface area contributed by atoms with Crippen molar-refractivity contribution in [2.45, 2.75) is 25.8 Å². The minimum atomic E-state index is 0.575. The van der Waals surface area contributed by atoms with Crippen LogP contribution in [0.3, 0.4) is 0 Å². The van der Waals surface area contributed by atoms with Gasteiger partial charge in [0.05, 0.1) is 0 Å². The molecule has 0 bridgehead atoms. The molecule has 0 unspecified atom stereocenters. The van der Waals surface area contributed by atoms with Crippen molar-refractivity contribution in [3.05, 3.63) is 41.0 Å². The summed E-state index contributed by atoms with van der Waals surface area (Å²) in [5.41, 5.74) is 1.94. The number of benzene rings is 1. The van der Waals surface area contributed by atoms with Crippen molar-refractivity contribution < 1.29 is 0 Å². The molecule has 4 nitrogen and oxygen atoms in total. The molecule has 19 heavy (non-hydrogen) atoms. The SMILES string of the molecule is Cc1ccc(Nc2nccc(NC3CC3)n2)cc1Cl. The Morgan fingerprint density at radius 3 is 2.84 bits per heavy atom. The zero-order chi connectivity index (χ0) is 13.2. The lowest BCUT2D eigenvalue weighted by molar-refractivity contribution is 1.08. The Morgan fingerprint density at radius 2 is 2.11 bits per heavy atom. The van der Waals surface area contributed by atoms with Gasteiger partial charge in [-0.1, -0.05) is 17.7 Å². The molecule has 1 aliphatic carbocycles. The summed E-state index contributed by atoms with van der Waals surface area (Å²) < 4.78 is 0. The van der Waals surface area contributed by atoms with Gasteiger partial charge < -0.3 is 10.6 Å². The van der Waals surface area contributed by atoms with Crippen LogP contribution in [0.25, 0.3) is 0 Å². The fourth-order valence-electron chi connectivity index (χ4n) is 1.74. The Labute approximate surface area is 117 Å². The molecule has 1 aromatic heterocycles. The first-order valence-corrected chi connectivity index (χ1v) is 6.71. The van der Waals surface area contributed by atoms with Crippen LogP contribution in [-0.2, 0) is 0 Å². The number of anilines is 3. The van der Waals surface area contributed by atoms with Crippen LogP contribution < -0.4 is 10.6 Å². The van der Waals surface area contributed by atoms with Crippen LogP contribution in [0.5, 0.6) is 0 Å². The Bertz CT molecular complexity index is 596. The van der Waals surface area contributed by atoms with Crippen molar-refractivity contribution in [2.75, 3.05) is 10.6 Å². The normalized spacial score (nSPS) is 14.2. The fourth-order valence-corrected chi connectivity index (χ4v) is 1.92. The summed E-state index contributed by atoms with van der Waals surface area (Å²) in [6, 6.07) is 8.27. The summed E-state index contributed by atoms with van der Waals surface area (Å²) in [7, 11) is 0. The first-order valence-electron chi connectivity index (χ1n) is 6.33. The number of nitrogens with zero attached hydrogens (tertiary/aromatic N) is 2. The molecule has 0 spiro atoms. The van der Waals surface area contributed by atoms with E-state index >= 15 is 0 Å². The molecule has 5 heteroatoms. The van der Waals surface area contributed by atoms with Gasteiger partial charge >= 0.3 is 0 Å². The highest BCUT2D eigenvalue weighted by Crippen LogP contribution is 2.25. The van der Waals surface area contributed by atoms with Crippen molar-refractivity contribution in [3.63, 3.8) is 0 Å². The third-order valence-corrected chi connectivity index (χ3v) is 3.42. The lowest BCUT2D eigenvalue weighted by atomic mass is 10.2. The maximum Gasteiger partial charge on any atom is 0.229 e. The van der Waals surface area contributed by atoms with Crippen molar-refractivity contribution in [3.8, 4) is 0 Å². The topological polar surface area (TPSA) is 49.8 Å². The predicted molar refractivity (Wildman–Crippen MR) is 78.1 cm³/mol. The molecule has 0 saturated heterocycles. The van der Waals surface area contributed by atoms with Crippen molar-refractivity contribution >= 4 is 29.1 Å². The second kappa shape index (κ2) is 5.05. The molecule has 1 heterocycles. The van der Waals surface area contributed by atoms with Crippen LogP contribution in [0.4, 0.5) is 17.5 Å². The van der Waals surface area contributed by atoms with E-state index in [1.165, 1.54) is 12.8 Å². The van der Waals surface area contributed by atoms with Crippen LogP contribution in [0, 0.1) is 6.92 Å². The molecular weight excluding hydrogens is 260 g/mol. The van der Waals surface area contributed by atoms with Crippen LogP contribution in [0.2, 0.25) is 5.02 Å². The zero-order valence-corrected chi connectivity index (χ0v) is 11.4. The quantitative estimate of drug-likeness (QED) is 0.891. The number of aromatic nitrogens is 2. The molecule has 3 rings (SSSR count). The number of halogens is 1. The summed E-state index contributed by atoms with van der Waals surface area (Å²) in [5.74, 6) is 1.43. The Hall–Kier alpha value is -1.81. The molecular formula is C14H15ClN4. The zero-order valence-electron chi connectivity index (χ0n) is 10.7. The van der Waals surface area contributed by atoms with E-state index in [-0.39, 0.29) is 0 Å². The fraction of sp³-hybridized carbons (Fsp3) is 0.286. The van der Waals surface area contributed by atoms with Gasteiger partial charge in [-0.05, 0) is 43.5 Å². The van der Waals surface area contributed by atoms with Gasteiger partial charge in [-0.15, -0.1) is 0 Å². The van der Waals surface area contributed by atoms with E-state index in [1.54, 1.807) is 6.20 Å². The largest absolute Gasteiger partial charge is 0.367 e. The smallest absolute Gasteiger partial charge is 0.229 e. The molecule has 0 aliphatic heterocycles. The maximum absolute atomic E-state index is 6.10. The summed E-state index contributed by atoms with van der Waals surface area (Å²) in [4.78, 5) is 8.63. The third kappa shape index (κ3) is 3.15. The van der Waals surface area contributed by atoms with E-state index < -0.39 is 0 Å². The Morgan fingerprint density at radius 1 is 1.26 bits per heavy atom. The van der Waals surface area contributed by atoms with Crippen LogP contribution in [-0.4, -0.2) is 16.0 Å². The van der Waals surface area contributed by atoms with Crippen molar-refractivity contribution in [1.29, 1.82) is 0 Å². The first kappa shape index (κ1) is 12.2. The van der Waals surface area contributed by atoms with Crippen LogP contribution >= 0.6 is 11.6 Å². The Kier molecular flexibility index (Phi) is 3.25. The number of aryl methyl sites for hydroxylation is 1. The van der Waals surface area contributed by atoms with Crippen LogP contribution in [0.15, 0.2) is 30.5 Å². The van der Waals surface area contributed by atoms with E-state index in [9.17, 15) is 0 Å². The standard InChI is InChI=1S/C14H15ClN4/c1-9-2-3-11(8-12(9)15)18-14-16-7-6-13(19-14)17-10-4-5-10/h2-3,6-8,10H,4-5H2,1H3,(H2,16,17,18,19). The summed E-state index contributed by atoms with van der Waals surface area (Å²) >= 11 is 6.10. The molecule has 1 fully saturated rings. The van der Waals surface area contributed by atoms with Crippen molar-refractivity contribution in [2.24, 2.45) is 0 Å². The highest BCUT2D eigenvalue weighted by Gasteiger charge is 2.21. The average molecular weight is 275 g/mol. The van der Waals surface area contributed by atoms with E-state index in [4.69, 9.17) is 11.6 Å². The Balaban J connectivity index is 1.75. The minimum Gasteiger partial charge on any atom is -0.367 e. The first-order chi connectivity index (χ1) is 9.20. The minimum absolute atomic E-state index is 0.575. The van der Waals surface area contributed by atoms with Gasteiger partial charge in [-0.25, -0.2) is 4.98 Å². The number of hydrogen-bond acceptors (Lipinski definition) is 4. The monoisotopic (exact) mass is 274 g/mol. The highest BCUT2D eigenvalue weighted by molar-refractivity contribution is 6.31. The second-order valence-corrected chi connectivity index (χ2v) is 5.18. The van der Waals surface area contributed by atoms with Gasteiger partial charge in [0.1, 0.15) is 5.82 Å². The number of rotatable bonds is 4. The summed E-state index contributed by atoms with van der Waals surface area (Å²) in [5, 5.41) is 7.24. The lowest BCUT2D eigenvalue weighted by Gasteiger charge is -2.08. The van der Waals surface area contributed by atoms with Crippen LogP contribution in [0.1, 0.15) is 18.4 Å². The van der Waals surface area contributed by atoms with Gasteiger partial charge in [0.25, 0.3) is 0 Å². The average Bonchev–Trinajstić information content (AvgIpc) is 3.18. The molecule has 0 radical (unpaired) electrons. The molecule has 1 aliphatic rings. The second-order valence-electron chi connectivity index (χ2n) is 4.77. The van der Waals surface area contributed by atoms with Gasteiger partial charge in [0.15, 0.2) is 0 Å². The number of nitrogens with one attached hydrogen (secondary N) is 2. The van der Waals surface area contributed by atoms with E-state index in [0.29, 0.717) is 12.0 Å². The molecule has 0 atom stereocenters. The molecule has 2 N–H and O–H groups in total. The van der Waals surface area contributed by atoms with Gasteiger partial charge in [0.2, 0.25) is 5.95 Å². The molecule has 0 amide bonds. The van der Waals surface area contributed by atoms with Gasteiger partial charge in [0, 0.05) is 22.9 Å². The summed E-state index contributed by atoms with van der Waals surface area (Å²) in [6.45, 7) is 1.97. The third-order valence-electron chi connectivity index (χ3n) is 3.01. The maximum atomic E-state index is 6.10. The number of hydrogen-bond donors (Lipinski definition) is 2. The lowest BCUT2D eigenvalue weighted by Crippen LogP contribution is -2.05. The van der Waals surface area contributed by atoms with Crippen molar-refractivity contribution in [1.82, 2.24) is 9.97 Å². The molecule has 98 valence electrons. The molecule has 1 aromatic carbocycles. The summed E-state index contributed by atoms with van der Waals surface area (Å²) in [6.07, 6.45) is 4.19. The van der Waals surface area contributed by atoms with E-state index in [1.807, 2.05) is 31.2 Å². The van der Waals surface area contributed by atoms with Gasteiger partial charge in [-0.2, -0.15) is 4.98 Å². The predicted octanol–water partition coefficient (Wildman–Crippen LogP) is 3.76. The van der Waals surface area contributed by atoms with E-state index in [0.717, 1.165) is 22.1 Å². The molecule has 2 aromatic rings. The van der Waals surface area contributed by atoms with Gasteiger partial charge in [-0.3, -0.25) is 0 Å². The highest BCUT2D eigenvalue weighted by atomic mass is 35.5.